The third-order valence-electron chi connectivity index (χ3n) is 1.68. The fraction of sp³-hybridized carbons (Fsp3) is 1.00. The minimum Gasteiger partial charge on any atom is -0.395 e. The maximum Gasteiger partial charge on any atom is 0.214 e. The molecule has 4 nitrogen and oxygen atoms in total. The molecule has 0 saturated heterocycles. The van der Waals surface area contributed by atoms with Gasteiger partial charge in [0.15, 0.2) is 0 Å². The van der Waals surface area contributed by atoms with Gasteiger partial charge in [0.25, 0.3) is 0 Å². The molecule has 0 aromatic heterocycles. The zero-order valence-electron chi connectivity index (χ0n) is 7.79. The van der Waals surface area contributed by atoms with Crippen LogP contribution in [0, 0.1) is 0 Å². The lowest BCUT2D eigenvalue weighted by atomic mass is 10.0. The molecule has 0 spiro atoms. The fourth-order valence-corrected chi connectivity index (χ4v) is 1.99. The number of sulfonamides is 1. The van der Waals surface area contributed by atoms with Gasteiger partial charge < -0.3 is 5.11 Å². The highest BCUT2D eigenvalue weighted by Crippen LogP contribution is 2.08. The lowest BCUT2D eigenvalue weighted by Gasteiger charge is -2.23. The van der Waals surface area contributed by atoms with Crippen molar-refractivity contribution in [3.05, 3.63) is 0 Å². The topological polar surface area (TPSA) is 66.4 Å². The van der Waals surface area contributed by atoms with Gasteiger partial charge in [-0.1, -0.05) is 6.92 Å². The van der Waals surface area contributed by atoms with Crippen LogP contribution in [0.1, 0.15) is 27.2 Å². The summed E-state index contributed by atoms with van der Waals surface area (Å²) in [6, 6.07) is 0. The second kappa shape index (κ2) is 4.20. The predicted octanol–water partition coefficient (Wildman–Crippen LogP) is 0.0867. The molecule has 0 radical (unpaired) electrons. The summed E-state index contributed by atoms with van der Waals surface area (Å²) in [6.07, 6.45) is 0.720. The predicted molar refractivity (Wildman–Crippen MR) is 48.4 cm³/mol. The van der Waals surface area contributed by atoms with E-state index in [0.717, 1.165) is 6.42 Å². The van der Waals surface area contributed by atoms with E-state index in [4.69, 9.17) is 5.11 Å². The lowest BCUT2D eigenvalue weighted by Crippen LogP contribution is -2.44. The third kappa shape index (κ3) is 4.69. The van der Waals surface area contributed by atoms with Crippen LogP contribution in [-0.2, 0) is 10.0 Å². The number of rotatable bonds is 5. The molecular formula is C7H17NO3S. The highest BCUT2D eigenvalue weighted by Gasteiger charge is 2.21. The Hall–Kier alpha value is -0.130. The van der Waals surface area contributed by atoms with Crippen LogP contribution >= 0.6 is 0 Å². The van der Waals surface area contributed by atoms with Gasteiger partial charge in [-0.15, -0.1) is 0 Å². The maximum absolute atomic E-state index is 11.1. The summed E-state index contributed by atoms with van der Waals surface area (Å²) >= 11 is 0. The zero-order valence-corrected chi connectivity index (χ0v) is 8.61. The normalized spacial score (nSPS) is 13.3. The van der Waals surface area contributed by atoms with E-state index in [1.807, 2.05) is 20.8 Å². The first-order valence-corrected chi connectivity index (χ1v) is 5.61. The summed E-state index contributed by atoms with van der Waals surface area (Å²) in [5.74, 6) is -0.226. The van der Waals surface area contributed by atoms with Gasteiger partial charge in [-0.3, -0.25) is 0 Å². The Balaban J connectivity index is 4.25. The molecule has 2 N–H and O–H groups in total. The Morgan fingerprint density at radius 3 is 2.25 bits per heavy atom. The van der Waals surface area contributed by atoms with E-state index in [1.165, 1.54) is 0 Å². The van der Waals surface area contributed by atoms with Crippen molar-refractivity contribution in [1.82, 2.24) is 4.72 Å². The Bertz CT molecular complexity index is 221. The van der Waals surface area contributed by atoms with Crippen molar-refractivity contribution in [1.29, 1.82) is 0 Å². The second-order valence-electron chi connectivity index (χ2n) is 3.38. The molecular weight excluding hydrogens is 178 g/mol. The Morgan fingerprint density at radius 1 is 1.42 bits per heavy atom. The third-order valence-corrected chi connectivity index (χ3v) is 3.26. The van der Waals surface area contributed by atoms with Crippen molar-refractivity contribution in [2.24, 2.45) is 0 Å². The van der Waals surface area contributed by atoms with E-state index >= 15 is 0 Å². The first kappa shape index (κ1) is 11.9. The largest absolute Gasteiger partial charge is 0.395 e. The summed E-state index contributed by atoms with van der Waals surface area (Å²) in [5.41, 5.74) is -0.423. The minimum atomic E-state index is -3.30. The first-order chi connectivity index (χ1) is 5.33. The summed E-state index contributed by atoms with van der Waals surface area (Å²) in [7, 11) is -3.30. The minimum absolute atomic E-state index is 0.226. The molecule has 0 unspecified atom stereocenters. The van der Waals surface area contributed by atoms with E-state index < -0.39 is 15.6 Å². The van der Waals surface area contributed by atoms with Gasteiger partial charge in [-0.05, 0) is 20.3 Å². The molecule has 0 atom stereocenters. The van der Waals surface area contributed by atoms with Crippen molar-refractivity contribution in [2.75, 3.05) is 12.4 Å². The standard InChI is InChI=1S/C7H17NO3S/c1-4-7(2,3)8-12(10,11)6-5-9/h8-9H,4-6H2,1-3H3. The van der Waals surface area contributed by atoms with Crippen LogP contribution < -0.4 is 4.72 Å². The van der Waals surface area contributed by atoms with Crippen LogP contribution in [-0.4, -0.2) is 31.4 Å². The molecule has 0 rings (SSSR count). The van der Waals surface area contributed by atoms with Crippen LogP contribution in [0.4, 0.5) is 0 Å². The van der Waals surface area contributed by atoms with Crippen molar-refractivity contribution >= 4 is 10.0 Å². The summed E-state index contributed by atoms with van der Waals surface area (Å²) in [4.78, 5) is 0. The van der Waals surface area contributed by atoms with E-state index in [0.29, 0.717) is 0 Å². The molecule has 0 aromatic rings. The molecule has 5 heteroatoms. The number of aliphatic hydroxyl groups is 1. The Morgan fingerprint density at radius 2 is 1.92 bits per heavy atom. The average Bonchev–Trinajstić information content (AvgIpc) is 1.85. The van der Waals surface area contributed by atoms with Gasteiger partial charge in [0, 0.05) is 5.54 Å². The number of aliphatic hydroxyl groups excluding tert-OH is 1. The molecule has 0 aliphatic carbocycles. The average molecular weight is 195 g/mol. The van der Waals surface area contributed by atoms with Crippen LogP contribution in [0.5, 0.6) is 0 Å². The van der Waals surface area contributed by atoms with Crippen LogP contribution in [0.15, 0.2) is 0 Å². The van der Waals surface area contributed by atoms with E-state index in [2.05, 4.69) is 4.72 Å². The highest BCUT2D eigenvalue weighted by molar-refractivity contribution is 7.89. The Labute approximate surface area is 74.0 Å². The molecule has 74 valence electrons. The molecule has 12 heavy (non-hydrogen) atoms. The zero-order chi connectivity index (χ0) is 9.83. The van der Waals surface area contributed by atoms with Gasteiger partial charge in [-0.25, -0.2) is 13.1 Å². The molecule has 0 aliphatic rings. The molecule has 0 aromatic carbocycles. The second-order valence-corrected chi connectivity index (χ2v) is 5.22. The van der Waals surface area contributed by atoms with Crippen LogP contribution in [0.25, 0.3) is 0 Å². The lowest BCUT2D eigenvalue weighted by molar-refractivity contribution is 0.318. The van der Waals surface area contributed by atoms with Crippen LogP contribution in [0.2, 0.25) is 0 Å². The molecule has 0 saturated carbocycles. The monoisotopic (exact) mass is 195 g/mol. The van der Waals surface area contributed by atoms with E-state index in [9.17, 15) is 8.42 Å². The van der Waals surface area contributed by atoms with Crippen molar-refractivity contribution in [2.45, 2.75) is 32.7 Å². The number of nitrogens with one attached hydrogen (secondary N) is 1. The quantitative estimate of drug-likeness (QED) is 0.653. The van der Waals surface area contributed by atoms with Crippen molar-refractivity contribution < 1.29 is 13.5 Å². The van der Waals surface area contributed by atoms with Gasteiger partial charge >= 0.3 is 0 Å². The Kier molecular flexibility index (Phi) is 4.16. The summed E-state index contributed by atoms with van der Waals surface area (Å²) < 4.78 is 24.8. The summed E-state index contributed by atoms with van der Waals surface area (Å²) in [6.45, 7) is 5.18. The molecule has 0 bridgehead atoms. The highest BCUT2D eigenvalue weighted by atomic mass is 32.2. The van der Waals surface area contributed by atoms with E-state index in [1.54, 1.807) is 0 Å². The van der Waals surface area contributed by atoms with Gasteiger partial charge in [-0.2, -0.15) is 0 Å². The van der Waals surface area contributed by atoms with Gasteiger partial charge in [0.1, 0.15) is 0 Å². The first-order valence-electron chi connectivity index (χ1n) is 3.95. The van der Waals surface area contributed by atoms with Crippen LogP contribution in [0.3, 0.4) is 0 Å². The van der Waals surface area contributed by atoms with Crippen molar-refractivity contribution in [3.63, 3.8) is 0 Å². The number of hydrogen-bond acceptors (Lipinski definition) is 3. The SMILES string of the molecule is CCC(C)(C)NS(=O)(=O)CCO. The molecule has 0 aliphatic heterocycles. The van der Waals surface area contributed by atoms with E-state index in [-0.39, 0.29) is 12.4 Å². The summed E-state index contributed by atoms with van der Waals surface area (Å²) in [5, 5.41) is 8.45. The molecule has 0 heterocycles. The fourth-order valence-electron chi connectivity index (χ4n) is 0.664. The van der Waals surface area contributed by atoms with Gasteiger partial charge in [0.05, 0.1) is 12.4 Å². The molecule has 0 amide bonds. The van der Waals surface area contributed by atoms with Gasteiger partial charge in [0.2, 0.25) is 10.0 Å². The van der Waals surface area contributed by atoms with Crippen molar-refractivity contribution in [3.8, 4) is 0 Å². The molecule has 0 fully saturated rings. The maximum atomic E-state index is 11.1. The number of hydrogen-bond donors (Lipinski definition) is 2. The smallest absolute Gasteiger partial charge is 0.214 e.